The van der Waals surface area contributed by atoms with Crippen molar-refractivity contribution in [3.05, 3.63) is 22.1 Å². The molecule has 0 aromatic carbocycles. The quantitative estimate of drug-likeness (QED) is 0.775. The van der Waals surface area contributed by atoms with Crippen LogP contribution < -0.4 is 0 Å². The third-order valence-electron chi connectivity index (χ3n) is 4.91. The molecule has 132 valence electrons. The first-order valence-electron chi connectivity index (χ1n) is 8.56. The zero-order valence-electron chi connectivity index (χ0n) is 14.6. The van der Waals surface area contributed by atoms with Crippen molar-refractivity contribution >= 4 is 33.1 Å². The zero-order valence-corrected chi connectivity index (χ0v) is 15.4. The summed E-state index contributed by atoms with van der Waals surface area (Å²) in [6.07, 6.45) is 3.46. The van der Waals surface area contributed by atoms with Gasteiger partial charge in [-0.2, -0.15) is 4.52 Å². The molecule has 8 heteroatoms. The van der Waals surface area contributed by atoms with E-state index in [1.54, 1.807) is 22.9 Å². The van der Waals surface area contributed by atoms with Gasteiger partial charge in [-0.1, -0.05) is 6.92 Å². The van der Waals surface area contributed by atoms with Gasteiger partial charge in [0.25, 0.3) is 5.91 Å². The van der Waals surface area contributed by atoms with Crippen LogP contribution in [-0.4, -0.2) is 55.7 Å². The first-order valence-corrected chi connectivity index (χ1v) is 9.38. The van der Waals surface area contributed by atoms with Crippen molar-refractivity contribution in [1.29, 1.82) is 0 Å². The van der Waals surface area contributed by atoms with Gasteiger partial charge in [-0.25, -0.2) is 9.97 Å². The number of fused-ring (bicyclic) bond motifs is 5. The third-order valence-corrected chi connectivity index (χ3v) is 6.07. The number of thiophene rings is 1. The molecule has 3 heterocycles. The highest BCUT2D eigenvalue weighted by molar-refractivity contribution is 7.19. The molecule has 0 radical (unpaired) electrons. The van der Waals surface area contributed by atoms with Gasteiger partial charge in [-0.3, -0.25) is 4.79 Å². The van der Waals surface area contributed by atoms with Crippen LogP contribution in [0.3, 0.4) is 0 Å². The fourth-order valence-corrected chi connectivity index (χ4v) is 4.97. The number of hydrogen-bond donors (Lipinski definition) is 1. The Bertz CT molecular complexity index is 977. The molecule has 1 aliphatic rings. The molecule has 0 bridgehead atoms. The zero-order chi connectivity index (χ0) is 17.7. The van der Waals surface area contributed by atoms with Crippen LogP contribution in [0, 0.1) is 6.92 Å². The summed E-state index contributed by atoms with van der Waals surface area (Å²) in [5.74, 6) is 1.06. The van der Waals surface area contributed by atoms with Crippen LogP contribution >= 0.6 is 11.3 Å². The lowest BCUT2D eigenvalue weighted by Gasteiger charge is -2.18. The van der Waals surface area contributed by atoms with Crippen molar-refractivity contribution in [2.75, 3.05) is 20.2 Å². The number of aliphatic hydroxyl groups is 1. The van der Waals surface area contributed by atoms with E-state index in [0.29, 0.717) is 5.92 Å². The summed E-state index contributed by atoms with van der Waals surface area (Å²) >= 11 is 1.74. The maximum atomic E-state index is 12.5. The topological polar surface area (TPSA) is 83.6 Å². The van der Waals surface area contributed by atoms with E-state index >= 15 is 0 Å². The number of carbonyl (C=O) groups is 1. The van der Waals surface area contributed by atoms with Gasteiger partial charge >= 0.3 is 0 Å². The molecule has 3 aromatic rings. The summed E-state index contributed by atoms with van der Waals surface area (Å²) in [5.41, 5.74) is 2.05. The largest absolute Gasteiger partial charge is 0.395 e. The van der Waals surface area contributed by atoms with Gasteiger partial charge in [-0.05, 0) is 37.7 Å². The van der Waals surface area contributed by atoms with Gasteiger partial charge in [0.1, 0.15) is 10.7 Å². The fraction of sp³-hybridized carbons (Fsp3) is 0.529. The third kappa shape index (κ3) is 2.51. The van der Waals surface area contributed by atoms with Crippen molar-refractivity contribution in [2.45, 2.75) is 39.0 Å². The van der Waals surface area contributed by atoms with Crippen LogP contribution in [0.25, 0.3) is 15.9 Å². The molecule has 1 N–H and O–H groups in total. The Morgan fingerprint density at radius 2 is 2.24 bits per heavy atom. The summed E-state index contributed by atoms with van der Waals surface area (Å²) in [4.78, 5) is 25.6. The van der Waals surface area contributed by atoms with Crippen molar-refractivity contribution in [3.8, 4) is 0 Å². The fourth-order valence-electron chi connectivity index (χ4n) is 3.60. The van der Waals surface area contributed by atoms with Gasteiger partial charge in [0.15, 0.2) is 5.65 Å². The summed E-state index contributed by atoms with van der Waals surface area (Å²) in [7, 11) is 1.64. The smallest absolute Gasteiger partial charge is 0.293 e. The Kier molecular flexibility index (Phi) is 3.96. The Morgan fingerprint density at radius 3 is 3.00 bits per heavy atom. The lowest BCUT2D eigenvalue weighted by molar-refractivity contribution is 0.0755. The van der Waals surface area contributed by atoms with Gasteiger partial charge in [-0.15, -0.1) is 16.4 Å². The van der Waals surface area contributed by atoms with Gasteiger partial charge in [0, 0.05) is 18.5 Å². The number of amides is 1. The van der Waals surface area contributed by atoms with Gasteiger partial charge in [0.05, 0.1) is 12.0 Å². The average Bonchev–Trinajstić information content (AvgIpc) is 3.16. The maximum absolute atomic E-state index is 12.5. The molecule has 1 amide bonds. The number of hydrogen-bond acceptors (Lipinski definition) is 6. The van der Waals surface area contributed by atoms with E-state index in [4.69, 9.17) is 10.1 Å². The first kappa shape index (κ1) is 16.4. The second kappa shape index (κ2) is 6.03. The number of aromatic nitrogens is 4. The minimum atomic E-state index is -0.289. The predicted octanol–water partition coefficient (Wildman–Crippen LogP) is 2.15. The Labute approximate surface area is 149 Å². The van der Waals surface area contributed by atoms with Gasteiger partial charge in [0.2, 0.25) is 5.82 Å². The summed E-state index contributed by atoms with van der Waals surface area (Å²) in [6.45, 7) is 4.30. The molecule has 0 saturated heterocycles. The van der Waals surface area contributed by atoms with Crippen molar-refractivity contribution in [2.24, 2.45) is 0 Å². The average molecular weight is 359 g/mol. The highest BCUT2D eigenvalue weighted by atomic mass is 32.1. The Balaban J connectivity index is 1.94. The molecule has 0 spiro atoms. The predicted molar refractivity (Wildman–Crippen MR) is 96.3 cm³/mol. The van der Waals surface area contributed by atoms with Crippen molar-refractivity contribution < 1.29 is 9.90 Å². The second-order valence-corrected chi connectivity index (χ2v) is 7.78. The van der Waals surface area contributed by atoms with E-state index in [0.717, 1.165) is 34.5 Å². The normalized spacial score (nSPS) is 17.2. The van der Waals surface area contributed by atoms with Crippen LogP contribution in [0.15, 0.2) is 0 Å². The molecular weight excluding hydrogens is 338 g/mol. The maximum Gasteiger partial charge on any atom is 0.293 e. The highest BCUT2D eigenvalue weighted by Gasteiger charge is 2.27. The second-order valence-electron chi connectivity index (χ2n) is 6.69. The highest BCUT2D eigenvalue weighted by Crippen LogP contribution is 2.42. The molecular formula is C17H21N5O2S. The van der Waals surface area contributed by atoms with Crippen LogP contribution in [-0.2, 0) is 6.42 Å². The Morgan fingerprint density at radius 1 is 1.44 bits per heavy atom. The number of carbonyl (C=O) groups excluding carboxylic acids is 1. The van der Waals surface area contributed by atoms with Crippen molar-refractivity contribution in [3.63, 3.8) is 0 Å². The Hall–Kier alpha value is -2.06. The van der Waals surface area contributed by atoms with Gasteiger partial charge < -0.3 is 10.0 Å². The van der Waals surface area contributed by atoms with E-state index in [2.05, 4.69) is 17.0 Å². The molecule has 7 nitrogen and oxygen atoms in total. The lowest BCUT2D eigenvalue weighted by Crippen LogP contribution is -2.30. The molecule has 0 fully saturated rings. The molecule has 4 rings (SSSR count). The van der Waals surface area contributed by atoms with Crippen LogP contribution in [0.4, 0.5) is 0 Å². The van der Waals surface area contributed by atoms with E-state index in [1.807, 2.05) is 6.92 Å². The summed E-state index contributed by atoms with van der Waals surface area (Å²) in [6, 6.07) is 0. The number of rotatable bonds is 3. The molecule has 0 aliphatic heterocycles. The minimum Gasteiger partial charge on any atom is -0.395 e. The van der Waals surface area contributed by atoms with Crippen LogP contribution in [0.1, 0.15) is 52.6 Å². The number of aliphatic hydroxyl groups excluding tert-OH is 1. The molecule has 0 saturated carbocycles. The lowest BCUT2D eigenvalue weighted by atomic mass is 9.87. The number of nitrogens with zero attached hydrogens (tertiary/aromatic N) is 5. The molecule has 3 aromatic heterocycles. The molecule has 1 aliphatic carbocycles. The first-order chi connectivity index (χ1) is 12.0. The van der Waals surface area contributed by atoms with Crippen LogP contribution in [0.5, 0.6) is 0 Å². The standard InChI is InChI=1S/C17H21N5O2S/c1-9-5-4-6-11-12(9)13-15-19-14(17(24)21(3)7-8-23)20-22(15)10(2)18-16(13)25-11/h9,23H,4-8H2,1-3H3/t9-/m0/s1. The van der Waals surface area contributed by atoms with Crippen LogP contribution in [0.2, 0.25) is 0 Å². The summed E-state index contributed by atoms with van der Waals surface area (Å²) in [5, 5.41) is 14.5. The SMILES string of the molecule is Cc1nc2sc3c(c2c2nc(C(=O)N(C)CCO)nn12)[C@@H](C)CCC3. The molecule has 0 unspecified atom stereocenters. The molecule has 1 atom stereocenters. The monoisotopic (exact) mass is 359 g/mol. The number of likely N-dealkylation sites (N-methyl/N-ethyl adjacent to an activating group) is 1. The van der Waals surface area contributed by atoms with E-state index in [9.17, 15) is 4.79 Å². The van der Waals surface area contributed by atoms with E-state index in [-0.39, 0.29) is 24.9 Å². The minimum absolute atomic E-state index is 0.0873. The van der Waals surface area contributed by atoms with E-state index < -0.39 is 0 Å². The van der Waals surface area contributed by atoms with Crippen molar-refractivity contribution in [1.82, 2.24) is 24.5 Å². The number of aryl methyl sites for hydroxylation is 2. The van der Waals surface area contributed by atoms with E-state index in [1.165, 1.54) is 21.8 Å². The summed E-state index contributed by atoms with van der Waals surface area (Å²) < 4.78 is 1.68. The molecule has 25 heavy (non-hydrogen) atoms.